The molecule has 0 spiro atoms. The predicted molar refractivity (Wildman–Crippen MR) is 289 cm³/mol. The maximum Gasteiger partial charge on any atom is 0.143 e. The van der Waals surface area contributed by atoms with E-state index in [-0.39, 0.29) is 0 Å². The van der Waals surface area contributed by atoms with Crippen LogP contribution in [0.25, 0.3) is 114 Å². The lowest BCUT2D eigenvalue weighted by atomic mass is 9.96. The van der Waals surface area contributed by atoms with Crippen molar-refractivity contribution in [2.45, 2.75) is 0 Å². The van der Waals surface area contributed by atoms with Crippen LogP contribution in [-0.2, 0) is 0 Å². The summed E-state index contributed by atoms with van der Waals surface area (Å²) in [5.74, 6) is 0. The Morgan fingerprint density at radius 2 is 1.03 bits per heavy atom. The first-order valence-electron chi connectivity index (χ1n) is 23.2. The second kappa shape index (κ2) is 15.5. The zero-order valence-corrected chi connectivity index (χ0v) is 37.6. The van der Waals surface area contributed by atoms with Gasteiger partial charge in [0.25, 0.3) is 0 Å². The molecule has 3 nitrogen and oxygen atoms in total. The molecular weight excluding hydrogens is 845 g/mol. The Balaban J connectivity index is 1.04. The lowest BCUT2D eigenvalue weighted by Gasteiger charge is -2.29. The average molecular weight is 885 g/mol. The van der Waals surface area contributed by atoms with Crippen molar-refractivity contribution < 1.29 is 4.42 Å². The molecule has 0 saturated carbocycles. The van der Waals surface area contributed by atoms with Gasteiger partial charge in [0, 0.05) is 69.8 Å². The number of furan rings is 1. The van der Waals surface area contributed by atoms with Gasteiger partial charge in [0.1, 0.15) is 11.2 Å². The number of hydrogen-bond donors (Lipinski definition) is 0. The first-order chi connectivity index (χ1) is 33.7. The maximum absolute atomic E-state index is 6.64. The fourth-order valence-corrected chi connectivity index (χ4v) is 11.9. The van der Waals surface area contributed by atoms with Gasteiger partial charge in [-0.1, -0.05) is 176 Å². The van der Waals surface area contributed by atoms with Gasteiger partial charge in [0.2, 0.25) is 0 Å². The normalized spacial score (nSPS) is 11.8. The van der Waals surface area contributed by atoms with Crippen molar-refractivity contribution >= 4 is 103 Å². The molecule has 14 rings (SSSR count). The molecule has 0 N–H and O–H groups in total. The molecule has 0 bridgehead atoms. The predicted octanol–water partition coefficient (Wildman–Crippen LogP) is 18.7. The van der Waals surface area contributed by atoms with E-state index in [4.69, 9.17) is 4.42 Å². The molecule has 0 radical (unpaired) electrons. The Hall–Kier alpha value is -8.70. The quantitative estimate of drug-likeness (QED) is 0.159. The number of para-hydroxylation sites is 5. The van der Waals surface area contributed by atoms with Crippen molar-refractivity contribution in [2.75, 3.05) is 4.90 Å². The molecule has 0 saturated heterocycles. The van der Waals surface area contributed by atoms with E-state index in [0.29, 0.717) is 0 Å². The summed E-state index contributed by atoms with van der Waals surface area (Å²) in [5.41, 5.74) is 15.3. The third-order valence-corrected chi connectivity index (χ3v) is 15.0. The highest BCUT2D eigenvalue weighted by Gasteiger charge is 2.25. The standard InChI is InChI=1S/C64H40N2OS/c1-2-16-43-39-44(32-31-41(43)15-1)42-33-35-46(36-34-42)65(47-18-13-17-45(40-47)48-24-14-25-53-51-21-6-11-29-60(51)67-63(48)53)59-38-37-54-52-22-7-12-30-61(52)68-64(54)62(59)55-23-5-10-28-58(55)66-56-26-8-3-19-49(56)50-20-4-9-27-57(50)66/h1-40H. The van der Waals surface area contributed by atoms with Crippen molar-refractivity contribution in [2.24, 2.45) is 0 Å². The molecule has 0 fully saturated rings. The van der Waals surface area contributed by atoms with Gasteiger partial charge >= 0.3 is 0 Å². The van der Waals surface area contributed by atoms with Gasteiger partial charge in [-0.15, -0.1) is 11.3 Å². The van der Waals surface area contributed by atoms with Gasteiger partial charge < -0.3 is 13.9 Å². The van der Waals surface area contributed by atoms with Crippen molar-refractivity contribution in [1.29, 1.82) is 0 Å². The molecule has 4 heteroatoms. The Morgan fingerprint density at radius 3 is 1.87 bits per heavy atom. The van der Waals surface area contributed by atoms with Crippen molar-refractivity contribution in [3.05, 3.63) is 243 Å². The lowest BCUT2D eigenvalue weighted by molar-refractivity contribution is 0.670. The van der Waals surface area contributed by atoms with Crippen LogP contribution in [0.4, 0.5) is 17.1 Å². The third-order valence-electron chi connectivity index (χ3n) is 13.8. The topological polar surface area (TPSA) is 21.3 Å². The largest absolute Gasteiger partial charge is 0.455 e. The Kier molecular flexibility index (Phi) is 8.76. The highest BCUT2D eigenvalue weighted by molar-refractivity contribution is 7.26. The second-order valence-electron chi connectivity index (χ2n) is 17.6. The molecule has 0 atom stereocenters. The van der Waals surface area contributed by atoms with Crippen LogP contribution in [0.15, 0.2) is 247 Å². The fraction of sp³-hybridized carbons (Fsp3) is 0. The number of aromatic nitrogens is 1. The molecule has 0 aliphatic heterocycles. The minimum absolute atomic E-state index is 0.891. The number of nitrogens with zero attached hydrogens (tertiary/aromatic N) is 2. The van der Waals surface area contributed by atoms with Crippen LogP contribution < -0.4 is 4.90 Å². The smallest absolute Gasteiger partial charge is 0.143 e. The molecule has 0 amide bonds. The van der Waals surface area contributed by atoms with E-state index in [1.54, 1.807) is 0 Å². The SMILES string of the molecule is c1cc(-c2cccc3c2oc2ccccc23)cc(N(c2ccc(-c3ccc4ccccc4c3)cc2)c2ccc3c(sc4ccccc43)c2-c2ccccc2-n2c3ccccc3c3ccccc32)c1. The molecule has 68 heavy (non-hydrogen) atoms. The number of rotatable bonds is 7. The van der Waals surface area contributed by atoms with Gasteiger partial charge in [-0.25, -0.2) is 0 Å². The van der Waals surface area contributed by atoms with Gasteiger partial charge in [0.05, 0.1) is 22.4 Å². The number of fused-ring (bicyclic) bond motifs is 10. The number of thiophene rings is 1. The molecule has 14 aromatic rings. The second-order valence-corrected chi connectivity index (χ2v) is 18.6. The molecule has 0 aliphatic carbocycles. The van der Waals surface area contributed by atoms with E-state index in [1.165, 1.54) is 69.4 Å². The van der Waals surface area contributed by atoms with Crippen molar-refractivity contribution in [3.63, 3.8) is 0 Å². The van der Waals surface area contributed by atoms with E-state index in [9.17, 15) is 0 Å². The molecule has 3 aromatic heterocycles. The minimum atomic E-state index is 0.891. The van der Waals surface area contributed by atoms with Crippen molar-refractivity contribution in [3.8, 4) is 39.1 Å². The third kappa shape index (κ3) is 6.05. The van der Waals surface area contributed by atoms with Crippen LogP contribution in [-0.4, -0.2) is 4.57 Å². The van der Waals surface area contributed by atoms with Crippen LogP contribution in [0.1, 0.15) is 0 Å². The Labute approximate surface area is 396 Å². The van der Waals surface area contributed by atoms with Crippen LogP contribution in [0, 0.1) is 0 Å². The van der Waals surface area contributed by atoms with Gasteiger partial charge in [-0.2, -0.15) is 0 Å². The number of hydrogen-bond acceptors (Lipinski definition) is 3. The summed E-state index contributed by atoms with van der Waals surface area (Å²) < 4.78 is 11.6. The van der Waals surface area contributed by atoms with Gasteiger partial charge in [-0.05, 0) is 94.2 Å². The van der Waals surface area contributed by atoms with Crippen LogP contribution in [0.3, 0.4) is 0 Å². The lowest BCUT2D eigenvalue weighted by Crippen LogP contribution is -2.12. The van der Waals surface area contributed by atoms with Gasteiger partial charge in [0.15, 0.2) is 0 Å². The highest BCUT2D eigenvalue weighted by atomic mass is 32.1. The van der Waals surface area contributed by atoms with E-state index in [0.717, 1.165) is 61.4 Å². The molecule has 0 aliphatic rings. The molecular formula is C64H40N2OS. The zero-order chi connectivity index (χ0) is 44.7. The first-order valence-corrected chi connectivity index (χ1v) is 24.0. The minimum Gasteiger partial charge on any atom is -0.455 e. The van der Waals surface area contributed by atoms with E-state index >= 15 is 0 Å². The number of benzene rings is 11. The molecule has 0 unspecified atom stereocenters. The summed E-state index contributed by atoms with van der Waals surface area (Å²) in [6.45, 7) is 0. The summed E-state index contributed by atoms with van der Waals surface area (Å²) in [6.07, 6.45) is 0. The monoisotopic (exact) mass is 884 g/mol. The van der Waals surface area contributed by atoms with Crippen LogP contribution >= 0.6 is 11.3 Å². The van der Waals surface area contributed by atoms with E-state index in [1.807, 2.05) is 17.4 Å². The highest BCUT2D eigenvalue weighted by Crippen LogP contribution is 2.51. The van der Waals surface area contributed by atoms with Crippen molar-refractivity contribution in [1.82, 2.24) is 4.57 Å². The zero-order valence-electron chi connectivity index (χ0n) is 36.8. The van der Waals surface area contributed by atoms with Crippen LogP contribution in [0.2, 0.25) is 0 Å². The summed E-state index contributed by atoms with van der Waals surface area (Å²) in [4.78, 5) is 2.47. The molecule has 318 valence electrons. The summed E-state index contributed by atoms with van der Waals surface area (Å²) in [7, 11) is 0. The first kappa shape index (κ1) is 38.6. The van der Waals surface area contributed by atoms with E-state index in [2.05, 4.69) is 246 Å². The number of anilines is 3. The van der Waals surface area contributed by atoms with E-state index < -0.39 is 0 Å². The maximum atomic E-state index is 6.64. The fourth-order valence-electron chi connectivity index (χ4n) is 10.7. The Morgan fingerprint density at radius 1 is 0.382 bits per heavy atom. The molecule has 3 heterocycles. The summed E-state index contributed by atoms with van der Waals surface area (Å²) >= 11 is 1.87. The average Bonchev–Trinajstić information content (AvgIpc) is 4.09. The summed E-state index contributed by atoms with van der Waals surface area (Å²) in [6, 6.07) is 88.4. The van der Waals surface area contributed by atoms with Crippen LogP contribution in [0.5, 0.6) is 0 Å². The summed E-state index contributed by atoms with van der Waals surface area (Å²) in [5, 5.41) is 9.70. The molecule has 11 aromatic carbocycles. The van der Waals surface area contributed by atoms with Gasteiger partial charge in [-0.3, -0.25) is 0 Å². The Bertz CT molecular complexity index is 4230.